The van der Waals surface area contributed by atoms with Gasteiger partial charge in [0.25, 0.3) is 5.91 Å². The van der Waals surface area contributed by atoms with Crippen molar-refractivity contribution in [2.75, 3.05) is 5.32 Å². The number of aryl methyl sites for hydroxylation is 1. The standard InChI is InChI=1S/C21H20N8O/c30-21(15-10-8-14(9-11-15)19-24-27-28-25-19)22-17-6-4-5-16(13-17)20-26-23-18-7-2-1-3-12-29(18)20/h4-6,8-11,13H,1-3,7,12H2,(H,22,30)(H,24,25,27,28). The lowest BCUT2D eigenvalue weighted by Gasteiger charge is -2.10. The molecule has 0 radical (unpaired) electrons. The molecule has 2 aromatic heterocycles. The van der Waals surface area contributed by atoms with E-state index in [1.165, 1.54) is 6.42 Å². The summed E-state index contributed by atoms with van der Waals surface area (Å²) in [5, 5.41) is 25.6. The molecule has 0 aliphatic carbocycles. The van der Waals surface area contributed by atoms with Crippen LogP contribution in [0.2, 0.25) is 0 Å². The van der Waals surface area contributed by atoms with Crippen LogP contribution in [0.15, 0.2) is 48.5 Å². The highest BCUT2D eigenvalue weighted by molar-refractivity contribution is 6.04. The lowest BCUT2D eigenvalue weighted by molar-refractivity contribution is 0.102. The average Bonchev–Trinajstić information content (AvgIpc) is 3.40. The summed E-state index contributed by atoms with van der Waals surface area (Å²) in [6.07, 6.45) is 4.46. The van der Waals surface area contributed by atoms with Crippen molar-refractivity contribution in [3.05, 3.63) is 59.9 Å². The van der Waals surface area contributed by atoms with Crippen LogP contribution in [0.4, 0.5) is 5.69 Å². The van der Waals surface area contributed by atoms with Gasteiger partial charge >= 0.3 is 0 Å². The van der Waals surface area contributed by atoms with E-state index in [0.29, 0.717) is 17.1 Å². The van der Waals surface area contributed by atoms with Gasteiger partial charge in [-0.05, 0) is 42.3 Å². The lowest BCUT2D eigenvalue weighted by Crippen LogP contribution is -2.12. The topological polar surface area (TPSA) is 114 Å². The molecule has 0 spiro atoms. The fourth-order valence-corrected chi connectivity index (χ4v) is 3.69. The Morgan fingerprint density at radius 1 is 0.967 bits per heavy atom. The maximum Gasteiger partial charge on any atom is 0.255 e. The van der Waals surface area contributed by atoms with Crippen molar-refractivity contribution in [3.8, 4) is 22.8 Å². The Bertz CT molecular complexity index is 1160. The first kappa shape index (κ1) is 18.2. The predicted molar refractivity (Wildman–Crippen MR) is 111 cm³/mol. The van der Waals surface area contributed by atoms with Crippen molar-refractivity contribution in [1.82, 2.24) is 35.4 Å². The Morgan fingerprint density at radius 2 is 1.87 bits per heavy atom. The number of nitrogens with zero attached hydrogens (tertiary/aromatic N) is 6. The second-order valence-corrected chi connectivity index (χ2v) is 7.25. The highest BCUT2D eigenvalue weighted by Crippen LogP contribution is 2.25. The van der Waals surface area contributed by atoms with E-state index < -0.39 is 0 Å². The first-order valence-corrected chi connectivity index (χ1v) is 9.96. The van der Waals surface area contributed by atoms with Crippen molar-refractivity contribution < 1.29 is 4.79 Å². The molecular formula is C21H20N8O. The molecule has 0 bridgehead atoms. The van der Waals surface area contributed by atoms with Gasteiger partial charge in [-0.1, -0.05) is 30.7 Å². The Balaban J connectivity index is 1.35. The van der Waals surface area contributed by atoms with Crippen LogP contribution in [0.3, 0.4) is 0 Å². The SMILES string of the molecule is O=C(Nc1cccc(-c2nnc3n2CCCCC3)c1)c1ccc(-c2nn[nH]n2)cc1. The number of hydrogen-bond acceptors (Lipinski definition) is 6. The zero-order chi connectivity index (χ0) is 20.3. The van der Waals surface area contributed by atoms with Gasteiger partial charge in [0.05, 0.1) is 0 Å². The van der Waals surface area contributed by atoms with E-state index in [1.54, 1.807) is 24.3 Å². The van der Waals surface area contributed by atoms with E-state index in [2.05, 4.69) is 40.7 Å². The second kappa shape index (κ2) is 7.86. The Kier molecular flexibility index (Phi) is 4.76. The monoisotopic (exact) mass is 400 g/mol. The van der Waals surface area contributed by atoms with Crippen LogP contribution in [0.5, 0.6) is 0 Å². The molecule has 0 atom stereocenters. The Morgan fingerprint density at radius 3 is 2.70 bits per heavy atom. The smallest absolute Gasteiger partial charge is 0.255 e. The summed E-state index contributed by atoms with van der Waals surface area (Å²) in [6, 6.07) is 14.8. The normalized spacial score (nSPS) is 13.5. The maximum atomic E-state index is 12.7. The molecule has 2 N–H and O–H groups in total. The van der Waals surface area contributed by atoms with Crippen LogP contribution in [0, 0.1) is 0 Å². The minimum Gasteiger partial charge on any atom is -0.322 e. The van der Waals surface area contributed by atoms with Crippen molar-refractivity contribution in [2.24, 2.45) is 0 Å². The van der Waals surface area contributed by atoms with Gasteiger partial charge in [0.15, 0.2) is 5.82 Å². The summed E-state index contributed by atoms with van der Waals surface area (Å²) in [5.74, 6) is 2.19. The number of benzene rings is 2. The molecule has 1 amide bonds. The van der Waals surface area contributed by atoms with Gasteiger partial charge in [0, 0.05) is 35.3 Å². The predicted octanol–water partition coefficient (Wildman–Crippen LogP) is 3.10. The molecule has 1 aliphatic heterocycles. The third kappa shape index (κ3) is 3.57. The van der Waals surface area contributed by atoms with E-state index in [4.69, 9.17) is 0 Å². The van der Waals surface area contributed by atoms with Crippen molar-refractivity contribution >= 4 is 11.6 Å². The number of nitrogens with one attached hydrogen (secondary N) is 2. The fourth-order valence-electron chi connectivity index (χ4n) is 3.69. The van der Waals surface area contributed by atoms with Crippen molar-refractivity contribution in [3.63, 3.8) is 0 Å². The molecule has 3 heterocycles. The number of aromatic nitrogens is 7. The number of rotatable bonds is 4. The zero-order valence-electron chi connectivity index (χ0n) is 16.2. The van der Waals surface area contributed by atoms with Crippen molar-refractivity contribution in [1.29, 1.82) is 0 Å². The molecule has 2 aromatic carbocycles. The highest BCUT2D eigenvalue weighted by atomic mass is 16.1. The molecular weight excluding hydrogens is 380 g/mol. The summed E-state index contributed by atoms with van der Waals surface area (Å²) in [5.41, 5.74) is 2.99. The van der Waals surface area contributed by atoms with E-state index in [-0.39, 0.29) is 5.91 Å². The minimum atomic E-state index is -0.188. The van der Waals surface area contributed by atoms with Gasteiger partial charge in [-0.25, -0.2) is 0 Å². The number of amides is 1. The van der Waals surface area contributed by atoms with Crippen molar-refractivity contribution in [2.45, 2.75) is 32.2 Å². The highest BCUT2D eigenvalue weighted by Gasteiger charge is 2.16. The van der Waals surface area contributed by atoms with Gasteiger partial charge in [-0.2, -0.15) is 5.21 Å². The number of tetrazole rings is 1. The van der Waals surface area contributed by atoms with Gasteiger partial charge in [-0.15, -0.1) is 20.4 Å². The number of aromatic amines is 1. The summed E-state index contributed by atoms with van der Waals surface area (Å²) in [6.45, 7) is 0.932. The fraction of sp³-hybridized carbons (Fsp3) is 0.238. The molecule has 30 heavy (non-hydrogen) atoms. The summed E-state index contributed by atoms with van der Waals surface area (Å²) in [7, 11) is 0. The number of anilines is 1. The molecule has 9 heteroatoms. The Hall–Kier alpha value is -3.88. The number of H-pyrrole nitrogens is 1. The number of carbonyl (C=O) groups excluding carboxylic acids is 1. The molecule has 0 saturated heterocycles. The van der Waals surface area contributed by atoms with Gasteiger partial charge < -0.3 is 9.88 Å². The zero-order valence-corrected chi connectivity index (χ0v) is 16.2. The van der Waals surface area contributed by atoms with Gasteiger partial charge in [0.2, 0.25) is 5.82 Å². The molecule has 4 aromatic rings. The Labute approximate surface area is 172 Å². The van der Waals surface area contributed by atoms with Gasteiger partial charge in [-0.3, -0.25) is 4.79 Å². The minimum absolute atomic E-state index is 0.188. The molecule has 150 valence electrons. The molecule has 5 rings (SSSR count). The van der Waals surface area contributed by atoms with Crippen LogP contribution in [0.25, 0.3) is 22.8 Å². The third-order valence-electron chi connectivity index (χ3n) is 5.24. The quantitative estimate of drug-likeness (QED) is 0.544. The van der Waals surface area contributed by atoms with Gasteiger partial charge in [0.1, 0.15) is 5.82 Å². The van der Waals surface area contributed by atoms with Crippen LogP contribution < -0.4 is 5.32 Å². The summed E-state index contributed by atoms with van der Waals surface area (Å²) >= 11 is 0. The molecule has 1 aliphatic rings. The summed E-state index contributed by atoms with van der Waals surface area (Å²) < 4.78 is 2.20. The number of hydrogen-bond donors (Lipinski definition) is 2. The summed E-state index contributed by atoms with van der Waals surface area (Å²) in [4.78, 5) is 12.7. The van der Waals surface area contributed by atoms with E-state index in [0.717, 1.165) is 48.6 Å². The third-order valence-corrected chi connectivity index (χ3v) is 5.24. The number of fused-ring (bicyclic) bond motifs is 1. The van der Waals surface area contributed by atoms with Crippen LogP contribution in [-0.2, 0) is 13.0 Å². The lowest BCUT2D eigenvalue weighted by atomic mass is 10.1. The molecule has 0 saturated carbocycles. The van der Waals surface area contributed by atoms with Crippen LogP contribution >= 0.6 is 0 Å². The first-order chi connectivity index (χ1) is 14.8. The van der Waals surface area contributed by atoms with E-state index in [9.17, 15) is 4.79 Å². The van der Waals surface area contributed by atoms with E-state index in [1.807, 2.05) is 24.3 Å². The molecule has 0 unspecified atom stereocenters. The van der Waals surface area contributed by atoms with E-state index >= 15 is 0 Å². The molecule has 9 nitrogen and oxygen atoms in total. The first-order valence-electron chi connectivity index (χ1n) is 9.96. The molecule has 0 fully saturated rings. The maximum absolute atomic E-state index is 12.7. The van der Waals surface area contributed by atoms with Crippen LogP contribution in [0.1, 0.15) is 35.4 Å². The average molecular weight is 400 g/mol. The van der Waals surface area contributed by atoms with Crippen LogP contribution in [-0.4, -0.2) is 41.3 Å². The number of carbonyl (C=O) groups is 1. The second-order valence-electron chi connectivity index (χ2n) is 7.25. The largest absolute Gasteiger partial charge is 0.322 e.